The van der Waals surface area contributed by atoms with Gasteiger partial charge in [-0.1, -0.05) is 53.7 Å². The molecule has 4 rings (SSSR count). The maximum atomic E-state index is 13.2. The third-order valence-corrected chi connectivity index (χ3v) is 6.02. The van der Waals surface area contributed by atoms with Crippen LogP contribution in [0.15, 0.2) is 84.2 Å². The van der Waals surface area contributed by atoms with Crippen molar-refractivity contribution >= 4 is 40.4 Å². The van der Waals surface area contributed by atoms with Crippen molar-refractivity contribution in [3.05, 3.63) is 90.2 Å². The average molecular weight is 563 g/mol. The molecule has 9 nitrogen and oxygen atoms in total. The van der Waals surface area contributed by atoms with Gasteiger partial charge < -0.3 is 19.3 Å². The zero-order valence-corrected chi connectivity index (χ0v) is 23.4. The number of carbonyl (C=O) groups is 2. The Kier molecular flexibility index (Phi) is 9.06. The molecule has 2 heterocycles. The number of anilines is 1. The number of hydrogen-bond donors (Lipinski definition) is 1. The van der Waals surface area contributed by atoms with Gasteiger partial charge in [-0.05, 0) is 62.4 Å². The number of pyridine rings is 1. The first kappa shape index (κ1) is 28.6. The third kappa shape index (κ3) is 7.83. The lowest BCUT2D eigenvalue weighted by Gasteiger charge is -2.27. The van der Waals surface area contributed by atoms with Crippen LogP contribution < -0.4 is 10.2 Å². The van der Waals surface area contributed by atoms with Crippen LogP contribution in [-0.2, 0) is 15.9 Å². The van der Waals surface area contributed by atoms with Crippen molar-refractivity contribution < 1.29 is 23.6 Å². The van der Waals surface area contributed by atoms with Gasteiger partial charge in [0.1, 0.15) is 17.9 Å². The number of nitrogens with zero attached hydrogens (tertiary/aromatic N) is 3. The van der Waals surface area contributed by atoms with Crippen molar-refractivity contribution in [1.29, 1.82) is 0 Å². The van der Waals surface area contributed by atoms with E-state index in [1.165, 1.54) is 11.0 Å². The molecule has 208 valence electrons. The molecule has 1 N–H and O–H groups in total. The number of alkyl carbamates (subject to hydrolysis) is 1. The number of carbonyl (C=O) groups excluding carboxylic acids is 2. The van der Waals surface area contributed by atoms with Gasteiger partial charge in [0.2, 0.25) is 5.88 Å². The van der Waals surface area contributed by atoms with Gasteiger partial charge in [0.25, 0.3) is 0 Å². The normalized spacial score (nSPS) is 12.0. The average Bonchev–Trinajstić information content (AvgIpc) is 3.40. The van der Waals surface area contributed by atoms with Crippen LogP contribution in [0, 0.1) is 0 Å². The summed E-state index contributed by atoms with van der Waals surface area (Å²) in [6.45, 7) is 8.95. The molecule has 0 aliphatic heterocycles. The summed E-state index contributed by atoms with van der Waals surface area (Å²) in [4.78, 5) is 31.3. The minimum Gasteiger partial charge on any atom is -0.445 e. The summed E-state index contributed by atoms with van der Waals surface area (Å²) >= 11 is 6.05. The van der Waals surface area contributed by atoms with Crippen LogP contribution >= 0.6 is 11.6 Å². The molecule has 0 saturated carbocycles. The zero-order chi connectivity index (χ0) is 28.7. The van der Waals surface area contributed by atoms with Crippen LogP contribution in [0.25, 0.3) is 22.0 Å². The highest BCUT2D eigenvalue weighted by Gasteiger charge is 2.28. The molecule has 1 atom stereocenters. The standard InChI is InChI=1S/C30H31ClN4O5/c1-5-14-38-29(37)35(27-17-26(34-40-27)22-8-9-23-18-32-13-12-21(23)16-22)19-25(33-28(36)39-30(2,3)4)15-20-6-10-24(31)11-7-20/h5-13,16-18,25H,1,14-15,19H2,2-4H3,(H,33,36)/t25-/m0/s1. The number of nitrogens with one attached hydrogen (secondary N) is 1. The highest BCUT2D eigenvalue weighted by atomic mass is 35.5. The van der Waals surface area contributed by atoms with Gasteiger partial charge in [-0.25, -0.2) is 14.5 Å². The Hall–Kier alpha value is -4.37. The Morgan fingerprint density at radius 3 is 2.62 bits per heavy atom. The monoisotopic (exact) mass is 562 g/mol. The lowest BCUT2D eigenvalue weighted by molar-refractivity contribution is 0.0504. The maximum Gasteiger partial charge on any atom is 0.417 e. The van der Waals surface area contributed by atoms with Crippen molar-refractivity contribution in [3.63, 3.8) is 0 Å². The van der Waals surface area contributed by atoms with Gasteiger partial charge in [0.15, 0.2) is 0 Å². The van der Waals surface area contributed by atoms with Gasteiger partial charge in [-0.15, -0.1) is 0 Å². The lowest BCUT2D eigenvalue weighted by Crippen LogP contribution is -2.48. The van der Waals surface area contributed by atoms with Gasteiger partial charge in [-0.3, -0.25) is 4.98 Å². The summed E-state index contributed by atoms with van der Waals surface area (Å²) < 4.78 is 16.4. The fourth-order valence-electron chi connectivity index (χ4n) is 3.99. The van der Waals surface area contributed by atoms with E-state index >= 15 is 0 Å². The Bertz CT molecular complexity index is 1480. The second-order valence-electron chi connectivity index (χ2n) is 10.1. The molecule has 40 heavy (non-hydrogen) atoms. The first-order chi connectivity index (χ1) is 19.1. The molecule has 0 radical (unpaired) electrons. The Morgan fingerprint density at radius 2 is 1.90 bits per heavy atom. The van der Waals surface area contributed by atoms with E-state index in [1.807, 2.05) is 36.4 Å². The fraction of sp³-hybridized carbons (Fsp3) is 0.267. The molecular weight excluding hydrogens is 532 g/mol. The largest absolute Gasteiger partial charge is 0.445 e. The van der Waals surface area contributed by atoms with Crippen LogP contribution in [0.4, 0.5) is 15.5 Å². The van der Waals surface area contributed by atoms with E-state index in [9.17, 15) is 9.59 Å². The number of halogens is 1. The number of ether oxygens (including phenoxy) is 2. The molecule has 0 unspecified atom stereocenters. The summed E-state index contributed by atoms with van der Waals surface area (Å²) in [5.74, 6) is 0.158. The molecule has 2 aromatic heterocycles. The molecule has 0 bridgehead atoms. The number of hydrogen-bond acceptors (Lipinski definition) is 7. The number of aromatic nitrogens is 2. The summed E-state index contributed by atoms with van der Waals surface area (Å²) in [6.07, 6.45) is 4.05. The fourth-order valence-corrected chi connectivity index (χ4v) is 4.12. The molecule has 4 aromatic rings. The molecule has 2 amide bonds. The van der Waals surface area contributed by atoms with Crippen LogP contribution in [0.5, 0.6) is 0 Å². The van der Waals surface area contributed by atoms with E-state index in [4.69, 9.17) is 25.6 Å². The molecule has 10 heteroatoms. The molecule has 0 fully saturated rings. The van der Waals surface area contributed by atoms with Gasteiger partial charge in [0, 0.05) is 34.4 Å². The molecule has 2 aromatic carbocycles. The Labute approximate surface area is 237 Å². The Balaban J connectivity index is 1.63. The van der Waals surface area contributed by atoms with Crippen molar-refractivity contribution in [2.75, 3.05) is 18.1 Å². The van der Waals surface area contributed by atoms with Crippen LogP contribution in [0.2, 0.25) is 5.02 Å². The smallest absolute Gasteiger partial charge is 0.417 e. The highest BCUT2D eigenvalue weighted by Crippen LogP contribution is 2.28. The van der Waals surface area contributed by atoms with E-state index in [-0.39, 0.29) is 19.0 Å². The second kappa shape index (κ2) is 12.7. The summed E-state index contributed by atoms with van der Waals surface area (Å²) in [7, 11) is 0. The first-order valence-electron chi connectivity index (χ1n) is 12.7. The van der Waals surface area contributed by atoms with Crippen molar-refractivity contribution in [3.8, 4) is 11.3 Å². The van der Waals surface area contributed by atoms with Crippen LogP contribution in [-0.4, -0.2) is 47.1 Å². The van der Waals surface area contributed by atoms with Crippen molar-refractivity contribution in [2.45, 2.75) is 38.8 Å². The van der Waals surface area contributed by atoms with E-state index in [2.05, 4.69) is 22.0 Å². The predicted octanol–water partition coefficient (Wildman–Crippen LogP) is 6.81. The second-order valence-corrected chi connectivity index (χ2v) is 10.6. The zero-order valence-electron chi connectivity index (χ0n) is 22.6. The number of benzene rings is 2. The maximum absolute atomic E-state index is 13.2. The molecule has 0 aliphatic rings. The van der Waals surface area contributed by atoms with Crippen molar-refractivity contribution in [1.82, 2.24) is 15.5 Å². The number of amides is 2. The van der Waals surface area contributed by atoms with E-state index in [0.717, 1.165) is 21.9 Å². The Morgan fingerprint density at radius 1 is 1.12 bits per heavy atom. The van der Waals surface area contributed by atoms with Gasteiger partial charge in [-0.2, -0.15) is 0 Å². The van der Waals surface area contributed by atoms with Gasteiger partial charge in [0.05, 0.1) is 12.6 Å². The predicted molar refractivity (Wildman–Crippen MR) is 154 cm³/mol. The molecule has 0 spiro atoms. The minimum absolute atomic E-state index is 0.00359. The third-order valence-electron chi connectivity index (χ3n) is 5.76. The number of rotatable bonds is 9. The summed E-state index contributed by atoms with van der Waals surface area (Å²) in [5, 5.41) is 9.65. The van der Waals surface area contributed by atoms with Gasteiger partial charge >= 0.3 is 12.2 Å². The van der Waals surface area contributed by atoms with E-state index in [1.54, 1.807) is 51.4 Å². The molecule has 0 aliphatic carbocycles. The molecular formula is C30H31ClN4O5. The molecule has 0 saturated heterocycles. The van der Waals surface area contributed by atoms with Crippen LogP contribution in [0.1, 0.15) is 26.3 Å². The van der Waals surface area contributed by atoms with E-state index in [0.29, 0.717) is 17.1 Å². The minimum atomic E-state index is -0.701. The first-order valence-corrected chi connectivity index (χ1v) is 13.1. The highest BCUT2D eigenvalue weighted by molar-refractivity contribution is 6.30. The lowest BCUT2D eigenvalue weighted by atomic mass is 10.1. The SMILES string of the molecule is C=CCOC(=O)N(C[C@H](Cc1ccc(Cl)cc1)NC(=O)OC(C)(C)C)c1cc(-c2ccc3cnccc3c2)no1. The van der Waals surface area contributed by atoms with E-state index < -0.39 is 23.8 Å². The summed E-state index contributed by atoms with van der Waals surface area (Å²) in [6, 6.07) is 16.0. The van der Waals surface area contributed by atoms with Crippen molar-refractivity contribution in [2.24, 2.45) is 0 Å². The topological polar surface area (TPSA) is 107 Å². The van der Waals surface area contributed by atoms with Crippen LogP contribution in [0.3, 0.4) is 0 Å². The quantitative estimate of drug-likeness (QED) is 0.223. The summed E-state index contributed by atoms with van der Waals surface area (Å²) in [5.41, 5.74) is 1.53. The number of fused-ring (bicyclic) bond motifs is 1.